The van der Waals surface area contributed by atoms with Crippen molar-refractivity contribution in [3.8, 4) is 5.75 Å². The van der Waals surface area contributed by atoms with Crippen molar-refractivity contribution >= 4 is 17.5 Å². The fraction of sp³-hybridized carbons (Fsp3) is 0.632. The lowest BCUT2D eigenvalue weighted by Crippen LogP contribution is -2.37. The molecular formula is C19H30ClNO2. The third-order valence-corrected chi connectivity index (χ3v) is 3.69. The van der Waals surface area contributed by atoms with Crippen molar-refractivity contribution in [2.75, 3.05) is 19.7 Å². The van der Waals surface area contributed by atoms with Gasteiger partial charge in [-0.1, -0.05) is 39.3 Å². The third kappa shape index (κ3) is 7.74. The summed E-state index contributed by atoms with van der Waals surface area (Å²) in [5.74, 6) is 2.04. The molecule has 0 unspecified atom stereocenters. The summed E-state index contributed by atoms with van der Waals surface area (Å²) in [5.41, 5.74) is 1.02. The number of rotatable bonds is 9. The molecule has 0 radical (unpaired) electrons. The van der Waals surface area contributed by atoms with Crippen LogP contribution in [0.3, 0.4) is 0 Å². The molecule has 0 aliphatic rings. The molecule has 0 atom stereocenters. The molecule has 0 spiro atoms. The van der Waals surface area contributed by atoms with Crippen LogP contribution in [0.5, 0.6) is 5.75 Å². The van der Waals surface area contributed by atoms with Gasteiger partial charge in [0.25, 0.3) is 0 Å². The minimum Gasteiger partial charge on any atom is -0.493 e. The van der Waals surface area contributed by atoms with E-state index in [9.17, 15) is 4.79 Å². The quantitative estimate of drug-likeness (QED) is 0.596. The van der Waals surface area contributed by atoms with E-state index in [1.54, 1.807) is 0 Å². The molecule has 0 aliphatic carbocycles. The summed E-state index contributed by atoms with van der Waals surface area (Å²) < 4.78 is 5.75. The van der Waals surface area contributed by atoms with Crippen molar-refractivity contribution in [2.24, 2.45) is 11.8 Å². The summed E-state index contributed by atoms with van der Waals surface area (Å²) in [5, 5.41) is 0.711. The molecule has 0 saturated carbocycles. The van der Waals surface area contributed by atoms with Gasteiger partial charge in [-0.25, -0.2) is 0 Å². The maximum Gasteiger partial charge on any atom is 0.222 e. The van der Waals surface area contributed by atoms with Crippen molar-refractivity contribution in [3.63, 3.8) is 0 Å². The van der Waals surface area contributed by atoms with Crippen LogP contribution in [-0.2, 0) is 4.79 Å². The van der Waals surface area contributed by atoms with E-state index in [4.69, 9.17) is 16.3 Å². The van der Waals surface area contributed by atoms with E-state index in [0.29, 0.717) is 29.9 Å². The monoisotopic (exact) mass is 339 g/mol. The van der Waals surface area contributed by atoms with Crippen molar-refractivity contribution in [2.45, 2.75) is 47.5 Å². The van der Waals surface area contributed by atoms with Gasteiger partial charge in [0.1, 0.15) is 5.75 Å². The summed E-state index contributed by atoms with van der Waals surface area (Å²) >= 11 is 5.93. The van der Waals surface area contributed by atoms with Crippen LogP contribution < -0.4 is 4.74 Å². The van der Waals surface area contributed by atoms with Crippen molar-refractivity contribution in [1.82, 2.24) is 4.90 Å². The Hall–Kier alpha value is -1.22. The van der Waals surface area contributed by atoms with E-state index in [0.717, 1.165) is 30.8 Å². The molecule has 23 heavy (non-hydrogen) atoms. The molecule has 0 fully saturated rings. The summed E-state index contributed by atoms with van der Waals surface area (Å²) in [7, 11) is 0. The fourth-order valence-corrected chi connectivity index (χ4v) is 2.72. The largest absolute Gasteiger partial charge is 0.493 e. The van der Waals surface area contributed by atoms with Crippen LogP contribution in [0, 0.1) is 18.8 Å². The molecule has 0 aromatic heterocycles. The van der Waals surface area contributed by atoms with E-state index in [1.807, 2.05) is 30.0 Å². The SMILES string of the molecule is Cc1cc(Cl)ccc1OCCCC(=O)N(CC(C)C)CC(C)C. The van der Waals surface area contributed by atoms with E-state index < -0.39 is 0 Å². The summed E-state index contributed by atoms with van der Waals surface area (Å²) in [6.07, 6.45) is 1.26. The van der Waals surface area contributed by atoms with E-state index in [-0.39, 0.29) is 5.91 Å². The second kappa shape index (κ2) is 9.82. The van der Waals surface area contributed by atoms with E-state index in [2.05, 4.69) is 27.7 Å². The summed E-state index contributed by atoms with van der Waals surface area (Å²) in [4.78, 5) is 14.4. The predicted molar refractivity (Wildman–Crippen MR) is 97.2 cm³/mol. The Morgan fingerprint density at radius 2 is 1.78 bits per heavy atom. The highest BCUT2D eigenvalue weighted by atomic mass is 35.5. The van der Waals surface area contributed by atoms with Crippen LogP contribution in [0.15, 0.2) is 18.2 Å². The van der Waals surface area contributed by atoms with Crippen LogP contribution in [0.1, 0.15) is 46.1 Å². The Labute approximate surface area is 146 Å². The van der Waals surface area contributed by atoms with Crippen LogP contribution >= 0.6 is 11.6 Å². The second-order valence-corrected chi connectivity index (χ2v) is 7.38. The Morgan fingerprint density at radius 1 is 1.17 bits per heavy atom. The maximum absolute atomic E-state index is 12.4. The first-order valence-corrected chi connectivity index (χ1v) is 8.84. The molecular weight excluding hydrogens is 310 g/mol. The van der Waals surface area contributed by atoms with Crippen LogP contribution in [0.25, 0.3) is 0 Å². The Kier molecular flexibility index (Phi) is 8.46. The summed E-state index contributed by atoms with van der Waals surface area (Å²) in [6.45, 7) is 12.8. The van der Waals surface area contributed by atoms with Gasteiger partial charge in [-0.2, -0.15) is 0 Å². The molecule has 1 aromatic rings. The van der Waals surface area contributed by atoms with Crippen molar-refractivity contribution in [1.29, 1.82) is 0 Å². The average Bonchev–Trinajstić information content (AvgIpc) is 2.43. The Bertz CT molecular complexity index is 490. The summed E-state index contributed by atoms with van der Waals surface area (Å²) in [6, 6.07) is 5.58. The van der Waals surface area contributed by atoms with Gasteiger partial charge < -0.3 is 9.64 Å². The number of amides is 1. The Balaban J connectivity index is 2.41. The van der Waals surface area contributed by atoms with Gasteiger partial charge in [-0.05, 0) is 48.9 Å². The Morgan fingerprint density at radius 3 is 2.30 bits per heavy atom. The number of carbonyl (C=O) groups excluding carboxylic acids is 1. The average molecular weight is 340 g/mol. The smallest absolute Gasteiger partial charge is 0.222 e. The molecule has 0 aliphatic heterocycles. The lowest BCUT2D eigenvalue weighted by molar-refractivity contribution is -0.132. The molecule has 0 heterocycles. The number of halogens is 1. The first-order chi connectivity index (χ1) is 10.8. The standard InChI is InChI=1S/C19H30ClNO2/c1-14(2)12-21(13-15(3)4)19(22)7-6-10-23-18-9-8-17(20)11-16(18)5/h8-9,11,14-15H,6-7,10,12-13H2,1-5H3. The topological polar surface area (TPSA) is 29.5 Å². The first-order valence-electron chi connectivity index (χ1n) is 8.46. The molecule has 4 heteroatoms. The highest BCUT2D eigenvalue weighted by molar-refractivity contribution is 6.30. The maximum atomic E-state index is 12.4. The van der Waals surface area contributed by atoms with Gasteiger partial charge >= 0.3 is 0 Å². The minimum atomic E-state index is 0.226. The predicted octanol–water partition coefficient (Wildman–Crippen LogP) is 4.95. The first kappa shape index (κ1) is 19.8. The molecule has 3 nitrogen and oxygen atoms in total. The molecule has 1 amide bonds. The highest BCUT2D eigenvalue weighted by Crippen LogP contribution is 2.22. The van der Waals surface area contributed by atoms with Crippen molar-refractivity contribution in [3.05, 3.63) is 28.8 Å². The second-order valence-electron chi connectivity index (χ2n) is 6.95. The third-order valence-electron chi connectivity index (χ3n) is 3.45. The lowest BCUT2D eigenvalue weighted by Gasteiger charge is -2.26. The highest BCUT2D eigenvalue weighted by Gasteiger charge is 2.15. The number of ether oxygens (including phenoxy) is 1. The number of nitrogens with zero attached hydrogens (tertiary/aromatic N) is 1. The van der Waals surface area contributed by atoms with E-state index in [1.165, 1.54) is 0 Å². The molecule has 0 bridgehead atoms. The molecule has 0 saturated heterocycles. The van der Waals surface area contributed by atoms with Crippen LogP contribution in [0.2, 0.25) is 5.02 Å². The van der Waals surface area contributed by atoms with Gasteiger partial charge in [-0.15, -0.1) is 0 Å². The lowest BCUT2D eigenvalue weighted by atomic mass is 10.1. The molecule has 0 N–H and O–H groups in total. The number of benzene rings is 1. The number of aryl methyl sites for hydroxylation is 1. The zero-order valence-corrected chi connectivity index (χ0v) is 15.8. The van der Waals surface area contributed by atoms with Gasteiger partial charge in [0, 0.05) is 24.5 Å². The van der Waals surface area contributed by atoms with Gasteiger partial charge in [0.05, 0.1) is 6.61 Å². The number of carbonyl (C=O) groups is 1. The van der Waals surface area contributed by atoms with Crippen molar-refractivity contribution < 1.29 is 9.53 Å². The molecule has 1 aromatic carbocycles. The normalized spacial score (nSPS) is 11.1. The molecule has 1 rings (SSSR count). The van der Waals surface area contributed by atoms with Gasteiger partial charge in [-0.3, -0.25) is 4.79 Å². The van der Waals surface area contributed by atoms with Crippen LogP contribution in [0.4, 0.5) is 0 Å². The number of hydrogen-bond acceptors (Lipinski definition) is 2. The number of hydrogen-bond donors (Lipinski definition) is 0. The van der Waals surface area contributed by atoms with Gasteiger partial charge in [0.15, 0.2) is 0 Å². The van der Waals surface area contributed by atoms with E-state index >= 15 is 0 Å². The zero-order chi connectivity index (χ0) is 17.4. The van der Waals surface area contributed by atoms with Crippen LogP contribution in [-0.4, -0.2) is 30.5 Å². The molecule has 130 valence electrons. The minimum absolute atomic E-state index is 0.226. The van der Waals surface area contributed by atoms with Gasteiger partial charge in [0.2, 0.25) is 5.91 Å². The fourth-order valence-electron chi connectivity index (χ4n) is 2.50. The zero-order valence-electron chi connectivity index (χ0n) is 15.1.